The van der Waals surface area contributed by atoms with E-state index in [9.17, 15) is 13.2 Å². The molecule has 0 spiro atoms. The van der Waals surface area contributed by atoms with Gasteiger partial charge in [-0.2, -0.15) is 29.5 Å². The van der Waals surface area contributed by atoms with Crippen LogP contribution < -0.4 is 15.4 Å². The number of rotatable bonds is 6. The number of benzene rings is 1. The van der Waals surface area contributed by atoms with Gasteiger partial charge in [-0.25, -0.2) is 9.97 Å². The Morgan fingerprint density at radius 2 is 1.84 bits per heavy atom. The number of methoxy groups -OCH3 is 1. The number of aromatic nitrogens is 3. The SMILES string of the molecule is COc1cnc(Nc2ccc(-c3ccsc3)cn2)nc1Nc1cccc(C(F)(F)F)c1. The second-order valence-electron chi connectivity index (χ2n) is 6.38. The third kappa shape index (κ3) is 4.92. The number of thiophene rings is 1. The lowest BCUT2D eigenvalue weighted by Gasteiger charge is -2.13. The van der Waals surface area contributed by atoms with Crippen LogP contribution >= 0.6 is 11.3 Å². The summed E-state index contributed by atoms with van der Waals surface area (Å²) < 4.78 is 44.2. The molecule has 158 valence electrons. The lowest BCUT2D eigenvalue weighted by molar-refractivity contribution is -0.137. The summed E-state index contributed by atoms with van der Waals surface area (Å²) in [5, 5.41) is 9.86. The number of nitrogens with one attached hydrogen (secondary N) is 2. The Morgan fingerprint density at radius 3 is 2.52 bits per heavy atom. The van der Waals surface area contributed by atoms with Crippen molar-refractivity contribution in [1.82, 2.24) is 15.0 Å². The lowest BCUT2D eigenvalue weighted by Crippen LogP contribution is -2.06. The first-order valence-electron chi connectivity index (χ1n) is 9.03. The fourth-order valence-electron chi connectivity index (χ4n) is 2.76. The van der Waals surface area contributed by atoms with Gasteiger partial charge in [0.1, 0.15) is 5.82 Å². The van der Waals surface area contributed by atoms with E-state index in [0.717, 1.165) is 23.3 Å². The number of hydrogen-bond acceptors (Lipinski definition) is 7. The molecule has 0 atom stereocenters. The highest BCUT2D eigenvalue weighted by atomic mass is 32.1. The highest BCUT2D eigenvalue weighted by Gasteiger charge is 2.30. The van der Waals surface area contributed by atoms with Crippen molar-refractivity contribution in [2.24, 2.45) is 0 Å². The Kier molecular flexibility index (Phi) is 5.72. The highest BCUT2D eigenvalue weighted by molar-refractivity contribution is 7.08. The van der Waals surface area contributed by atoms with E-state index in [1.807, 2.05) is 22.9 Å². The molecule has 0 amide bonds. The van der Waals surface area contributed by atoms with Gasteiger partial charge in [0.15, 0.2) is 11.6 Å². The maximum atomic E-state index is 13.0. The van der Waals surface area contributed by atoms with Gasteiger partial charge >= 0.3 is 6.18 Å². The Labute approximate surface area is 179 Å². The van der Waals surface area contributed by atoms with Gasteiger partial charge < -0.3 is 15.4 Å². The Balaban J connectivity index is 1.55. The van der Waals surface area contributed by atoms with Gasteiger partial charge in [-0.3, -0.25) is 0 Å². The minimum absolute atomic E-state index is 0.214. The molecule has 6 nitrogen and oxygen atoms in total. The Bertz CT molecular complexity index is 1160. The first kappa shape index (κ1) is 20.6. The van der Waals surface area contributed by atoms with Gasteiger partial charge in [0, 0.05) is 17.4 Å². The van der Waals surface area contributed by atoms with E-state index in [-0.39, 0.29) is 23.2 Å². The Morgan fingerprint density at radius 1 is 0.968 bits per heavy atom. The number of ether oxygens (including phenoxy) is 1. The van der Waals surface area contributed by atoms with Crippen molar-refractivity contribution in [2.75, 3.05) is 17.7 Å². The standard InChI is InChI=1S/C21H16F3N5OS/c1-30-17-11-26-20(28-18-6-5-13(10-25-18)14-7-8-31-12-14)29-19(17)27-16-4-2-3-15(9-16)21(22,23)24/h2-12H,1H3,(H2,25,26,27,28,29). The van der Waals surface area contributed by atoms with Gasteiger partial charge in [0.25, 0.3) is 0 Å². The van der Waals surface area contributed by atoms with E-state index in [4.69, 9.17) is 4.74 Å². The molecule has 0 aliphatic heterocycles. The zero-order valence-electron chi connectivity index (χ0n) is 16.1. The van der Waals surface area contributed by atoms with Crippen LogP contribution in [0.2, 0.25) is 0 Å². The van der Waals surface area contributed by atoms with E-state index in [1.165, 1.54) is 25.4 Å². The second-order valence-corrected chi connectivity index (χ2v) is 7.16. The van der Waals surface area contributed by atoms with E-state index in [2.05, 4.69) is 25.6 Å². The van der Waals surface area contributed by atoms with E-state index in [1.54, 1.807) is 23.6 Å². The number of halogens is 3. The van der Waals surface area contributed by atoms with Crippen molar-refractivity contribution in [2.45, 2.75) is 6.18 Å². The molecule has 0 radical (unpaired) electrons. The molecular formula is C21H16F3N5OS. The summed E-state index contributed by atoms with van der Waals surface area (Å²) in [7, 11) is 1.42. The molecule has 0 bridgehead atoms. The second kappa shape index (κ2) is 8.60. The summed E-state index contributed by atoms with van der Waals surface area (Å²) in [5.41, 5.74) is 1.52. The molecule has 31 heavy (non-hydrogen) atoms. The molecule has 2 N–H and O–H groups in total. The van der Waals surface area contributed by atoms with Crippen LogP contribution in [0.25, 0.3) is 11.1 Å². The maximum Gasteiger partial charge on any atom is 0.416 e. The van der Waals surface area contributed by atoms with Crippen molar-refractivity contribution in [3.63, 3.8) is 0 Å². The molecule has 3 heterocycles. The van der Waals surface area contributed by atoms with Crippen LogP contribution in [-0.4, -0.2) is 22.1 Å². The van der Waals surface area contributed by atoms with Gasteiger partial charge in [-0.05, 0) is 52.7 Å². The predicted octanol–water partition coefficient (Wildman–Crippen LogP) is 6.11. The molecule has 4 rings (SSSR count). The van der Waals surface area contributed by atoms with E-state index in [0.29, 0.717) is 5.82 Å². The third-order valence-corrected chi connectivity index (χ3v) is 4.97. The van der Waals surface area contributed by atoms with Crippen molar-refractivity contribution < 1.29 is 17.9 Å². The molecule has 10 heteroatoms. The first-order chi connectivity index (χ1) is 14.9. The quantitative estimate of drug-likeness (QED) is 0.374. The van der Waals surface area contributed by atoms with Crippen molar-refractivity contribution in [1.29, 1.82) is 0 Å². The van der Waals surface area contributed by atoms with Crippen LogP contribution in [0.4, 0.5) is 36.4 Å². The summed E-state index contributed by atoms with van der Waals surface area (Å²) >= 11 is 1.60. The fraction of sp³-hybridized carbons (Fsp3) is 0.0952. The molecule has 4 aromatic rings. The number of pyridine rings is 1. The summed E-state index contributed by atoms with van der Waals surface area (Å²) in [4.78, 5) is 12.9. The zero-order valence-corrected chi connectivity index (χ0v) is 17.0. The number of nitrogens with zero attached hydrogens (tertiary/aromatic N) is 3. The minimum atomic E-state index is -4.44. The van der Waals surface area contributed by atoms with Gasteiger partial charge in [-0.15, -0.1) is 0 Å². The van der Waals surface area contributed by atoms with Crippen LogP contribution in [0.5, 0.6) is 5.75 Å². The van der Waals surface area contributed by atoms with Crippen molar-refractivity contribution >= 4 is 34.6 Å². The topological polar surface area (TPSA) is 72.0 Å². The maximum absolute atomic E-state index is 13.0. The molecule has 3 aromatic heterocycles. The molecular weight excluding hydrogens is 427 g/mol. The normalized spacial score (nSPS) is 11.2. The highest BCUT2D eigenvalue weighted by Crippen LogP contribution is 2.33. The predicted molar refractivity (Wildman–Crippen MR) is 114 cm³/mol. The number of alkyl halides is 3. The summed E-state index contributed by atoms with van der Waals surface area (Å²) in [6, 6.07) is 10.5. The molecule has 0 aliphatic rings. The van der Waals surface area contributed by atoms with Crippen LogP contribution in [0, 0.1) is 0 Å². The minimum Gasteiger partial charge on any atom is -0.491 e. The lowest BCUT2D eigenvalue weighted by atomic mass is 10.1. The van der Waals surface area contributed by atoms with Crippen LogP contribution in [-0.2, 0) is 6.18 Å². The molecule has 0 saturated heterocycles. The monoisotopic (exact) mass is 443 g/mol. The smallest absolute Gasteiger partial charge is 0.416 e. The third-order valence-electron chi connectivity index (χ3n) is 4.29. The van der Waals surface area contributed by atoms with Crippen LogP contribution in [0.3, 0.4) is 0 Å². The number of hydrogen-bond donors (Lipinski definition) is 2. The van der Waals surface area contributed by atoms with Crippen LogP contribution in [0.15, 0.2) is 65.6 Å². The van der Waals surface area contributed by atoms with E-state index < -0.39 is 11.7 Å². The molecule has 0 unspecified atom stereocenters. The van der Waals surface area contributed by atoms with Crippen LogP contribution in [0.1, 0.15) is 5.56 Å². The molecule has 0 saturated carbocycles. The van der Waals surface area contributed by atoms with Gasteiger partial charge in [-0.1, -0.05) is 6.07 Å². The number of anilines is 4. The zero-order chi connectivity index (χ0) is 21.8. The largest absolute Gasteiger partial charge is 0.491 e. The summed E-state index contributed by atoms with van der Waals surface area (Å²) in [6.45, 7) is 0. The summed E-state index contributed by atoms with van der Waals surface area (Å²) in [5.74, 6) is 1.23. The average molecular weight is 443 g/mol. The average Bonchev–Trinajstić information content (AvgIpc) is 3.29. The molecule has 0 fully saturated rings. The van der Waals surface area contributed by atoms with Crippen molar-refractivity contribution in [3.8, 4) is 16.9 Å². The van der Waals surface area contributed by atoms with E-state index >= 15 is 0 Å². The first-order valence-corrected chi connectivity index (χ1v) is 9.97. The summed E-state index contributed by atoms with van der Waals surface area (Å²) in [6.07, 6.45) is -1.29. The molecule has 1 aromatic carbocycles. The molecule has 0 aliphatic carbocycles. The van der Waals surface area contributed by atoms with Gasteiger partial charge in [0.05, 0.1) is 18.9 Å². The Hall–Kier alpha value is -3.66. The van der Waals surface area contributed by atoms with Crippen molar-refractivity contribution in [3.05, 3.63) is 71.2 Å². The van der Waals surface area contributed by atoms with Gasteiger partial charge in [0.2, 0.25) is 5.95 Å². The fourth-order valence-corrected chi connectivity index (χ4v) is 3.43.